The highest BCUT2D eigenvalue weighted by atomic mass is 16.1. The summed E-state index contributed by atoms with van der Waals surface area (Å²) in [7, 11) is 0. The highest BCUT2D eigenvalue weighted by Crippen LogP contribution is 2.21. The molecular formula is C18H21N3O. The van der Waals surface area contributed by atoms with E-state index in [0.717, 1.165) is 36.3 Å². The first-order valence-electron chi connectivity index (χ1n) is 7.79. The summed E-state index contributed by atoms with van der Waals surface area (Å²) < 4.78 is 0. The third kappa shape index (κ3) is 3.27. The van der Waals surface area contributed by atoms with Crippen LogP contribution in [0.5, 0.6) is 0 Å². The molecule has 0 saturated heterocycles. The Hall–Kier alpha value is -2.36. The van der Waals surface area contributed by atoms with E-state index in [4.69, 9.17) is 0 Å². The van der Waals surface area contributed by atoms with Gasteiger partial charge in [0, 0.05) is 5.92 Å². The zero-order valence-electron chi connectivity index (χ0n) is 12.8. The number of nitrogens with zero attached hydrogens (tertiary/aromatic N) is 1. The van der Waals surface area contributed by atoms with Gasteiger partial charge in [-0.2, -0.15) is 0 Å². The second-order valence-electron chi connectivity index (χ2n) is 5.76. The summed E-state index contributed by atoms with van der Waals surface area (Å²) in [4.78, 5) is 20.0. The molecule has 2 aromatic rings. The fraction of sp³-hybridized carbons (Fsp3) is 0.333. The maximum Gasteiger partial charge on any atom is 0.224 e. The van der Waals surface area contributed by atoms with E-state index in [-0.39, 0.29) is 17.9 Å². The van der Waals surface area contributed by atoms with E-state index in [1.807, 2.05) is 43.5 Å². The summed E-state index contributed by atoms with van der Waals surface area (Å²) in [6, 6.07) is 9.94. The van der Waals surface area contributed by atoms with Crippen LogP contribution in [0.3, 0.4) is 0 Å². The summed E-state index contributed by atoms with van der Waals surface area (Å²) >= 11 is 0. The number of hydrogen-bond donors (Lipinski definition) is 2. The molecule has 2 atom stereocenters. The van der Waals surface area contributed by atoms with Crippen LogP contribution >= 0.6 is 0 Å². The minimum atomic E-state index is -0.115. The summed E-state index contributed by atoms with van der Waals surface area (Å²) in [6.07, 6.45) is 8.82. The normalized spacial score (nSPS) is 18.9. The smallest absolute Gasteiger partial charge is 0.224 e. The molecule has 22 heavy (non-hydrogen) atoms. The fourth-order valence-electron chi connectivity index (χ4n) is 2.75. The van der Waals surface area contributed by atoms with Gasteiger partial charge in [0.1, 0.15) is 5.82 Å². The summed E-state index contributed by atoms with van der Waals surface area (Å²) in [6.45, 7) is 1.96. The molecule has 4 heteroatoms. The van der Waals surface area contributed by atoms with E-state index in [1.54, 1.807) is 0 Å². The highest BCUT2D eigenvalue weighted by Gasteiger charge is 2.21. The number of benzene rings is 1. The molecule has 1 aliphatic rings. The fourth-order valence-corrected chi connectivity index (χ4v) is 2.75. The van der Waals surface area contributed by atoms with Crippen molar-refractivity contribution in [2.45, 2.75) is 32.2 Å². The predicted molar refractivity (Wildman–Crippen MR) is 87.1 cm³/mol. The van der Waals surface area contributed by atoms with Crippen LogP contribution in [0.15, 0.2) is 48.7 Å². The van der Waals surface area contributed by atoms with Crippen LogP contribution in [0.2, 0.25) is 0 Å². The molecule has 0 bridgehead atoms. The van der Waals surface area contributed by atoms with Crippen molar-refractivity contribution in [3.63, 3.8) is 0 Å². The lowest BCUT2D eigenvalue weighted by molar-refractivity contribution is -0.125. The molecule has 1 amide bonds. The predicted octanol–water partition coefficient (Wildman–Crippen LogP) is 3.61. The molecule has 1 aromatic carbocycles. The number of aromatic nitrogens is 2. The first-order valence-corrected chi connectivity index (χ1v) is 7.79. The lowest BCUT2D eigenvalue weighted by Gasteiger charge is -2.19. The molecule has 3 rings (SSSR count). The Bertz CT molecular complexity index is 660. The molecule has 2 N–H and O–H groups in total. The molecule has 1 heterocycles. The molecule has 1 aromatic heterocycles. The van der Waals surface area contributed by atoms with E-state index < -0.39 is 0 Å². The number of hydrogen-bond acceptors (Lipinski definition) is 2. The van der Waals surface area contributed by atoms with E-state index in [1.165, 1.54) is 0 Å². The van der Waals surface area contributed by atoms with Gasteiger partial charge in [-0.15, -0.1) is 0 Å². The average molecular weight is 295 g/mol. The maximum atomic E-state index is 12.3. The zero-order chi connectivity index (χ0) is 15.4. The number of rotatable bonds is 4. The summed E-state index contributed by atoms with van der Waals surface area (Å²) in [5, 5.41) is 3.06. The van der Waals surface area contributed by atoms with Crippen molar-refractivity contribution in [2.75, 3.05) is 0 Å². The summed E-state index contributed by atoms with van der Waals surface area (Å²) in [5.74, 6) is 1.00. The number of H-pyrrole nitrogens is 1. The molecule has 0 aliphatic heterocycles. The van der Waals surface area contributed by atoms with Gasteiger partial charge >= 0.3 is 0 Å². The SMILES string of the molecule is CC(NC(=O)C1CC=CCC1)c1ncc(-c2ccccc2)[nH]1. The molecule has 0 saturated carbocycles. The number of allylic oxidation sites excluding steroid dienone is 2. The van der Waals surface area contributed by atoms with Crippen LogP contribution in [-0.4, -0.2) is 15.9 Å². The number of aromatic amines is 1. The van der Waals surface area contributed by atoms with Crippen LogP contribution in [0, 0.1) is 5.92 Å². The van der Waals surface area contributed by atoms with E-state index in [9.17, 15) is 4.79 Å². The number of nitrogens with one attached hydrogen (secondary N) is 2. The molecule has 0 spiro atoms. The van der Waals surface area contributed by atoms with E-state index >= 15 is 0 Å². The van der Waals surface area contributed by atoms with Crippen LogP contribution in [0.1, 0.15) is 38.1 Å². The Kier molecular flexibility index (Phi) is 4.37. The average Bonchev–Trinajstić information content (AvgIpc) is 3.06. The molecule has 0 radical (unpaired) electrons. The molecule has 0 fully saturated rings. The first-order chi connectivity index (χ1) is 10.7. The molecular weight excluding hydrogens is 274 g/mol. The minimum Gasteiger partial charge on any atom is -0.346 e. The monoisotopic (exact) mass is 295 g/mol. The van der Waals surface area contributed by atoms with Crippen LogP contribution in [-0.2, 0) is 4.79 Å². The Balaban J connectivity index is 1.65. The van der Waals surface area contributed by atoms with Crippen LogP contribution in [0.25, 0.3) is 11.3 Å². The van der Waals surface area contributed by atoms with Gasteiger partial charge in [0.05, 0.1) is 17.9 Å². The number of carbonyl (C=O) groups excluding carboxylic acids is 1. The van der Waals surface area contributed by atoms with Crippen molar-refractivity contribution < 1.29 is 4.79 Å². The van der Waals surface area contributed by atoms with E-state index in [0.29, 0.717) is 0 Å². The minimum absolute atomic E-state index is 0.0935. The second-order valence-corrected chi connectivity index (χ2v) is 5.76. The van der Waals surface area contributed by atoms with Gasteiger partial charge in [-0.25, -0.2) is 4.98 Å². The highest BCUT2D eigenvalue weighted by molar-refractivity contribution is 5.79. The third-order valence-corrected chi connectivity index (χ3v) is 4.09. The standard InChI is InChI=1S/C18H21N3O/c1-13(20-18(22)15-10-6-3-7-11-15)17-19-12-16(21-17)14-8-4-2-5-9-14/h2-6,8-9,12-13,15H,7,10-11H2,1H3,(H,19,21)(H,20,22). The van der Waals surface area contributed by atoms with Gasteiger partial charge in [-0.05, 0) is 31.7 Å². The molecule has 114 valence electrons. The summed E-state index contributed by atoms with van der Waals surface area (Å²) in [5.41, 5.74) is 2.06. The molecule has 4 nitrogen and oxygen atoms in total. The Morgan fingerprint density at radius 1 is 1.32 bits per heavy atom. The van der Waals surface area contributed by atoms with Crippen LogP contribution in [0.4, 0.5) is 0 Å². The quantitative estimate of drug-likeness (QED) is 0.847. The van der Waals surface area contributed by atoms with Crippen molar-refractivity contribution in [3.05, 3.63) is 54.5 Å². The van der Waals surface area contributed by atoms with Crippen molar-refractivity contribution in [2.24, 2.45) is 5.92 Å². The van der Waals surface area contributed by atoms with Crippen molar-refractivity contribution in [1.29, 1.82) is 0 Å². The second kappa shape index (κ2) is 6.60. The lowest BCUT2D eigenvalue weighted by atomic mass is 9.93. The lowest BCUT2D eigenvalue weighted by Crippen LogP contribution is -2.33. The maximum absolute atomic E-state index is 12.3. The van der Waals surface area contributed by atoms with Gasteiger partial charge in [0.15, 0.2) is 0 Å². The number of carbonyl (C=O) groups is 1. The molecule has 1 aliphatic carbocycles. The van der Waals surface area contributed by atoms with Crippen LogP contribution < -0.4 is 5.32 Å². The Labute approximate surface area is 130 Å². The third-order valence-electron chi connectivity index (χ3n) is 4.09. The zero-order valence-corrected chi connectivity index (χ0v) is 12.8. The van der Waals surface area contributed by atoms with Gasteiger partial charge in [0.2, 0.25) is 5.91 Å². The van der Waals surface area contributed by atoms with Gasteiger partial charge in [-0.1, -0.05) is 42.5 Å². The topological polar surface area (TPSA) is 57.8 Å². The number of imidazole rings is 1. The molecule has 2 unspecified atom stereocenters. The van der Waals surface area contributed by atoms with Crippen molar-refractivity contribution >= 4 is 5.91 Å². The Morgan fingerprint density at radius 2 is 2.14 bits per heavy atom. The van der Waals surface area contributed by atoms with Crippen molar-refractivity contribution in [3.8, 4) is 11.3 Å². The van der Waals surface area contributed by atoms with E-state index in [2.05, 4.69) is 27.4 Å². The van der Waals surface area contributed by atoms with Gasteiger partial charge < -0.3 is 10.3 Å². The Morgan fingerprint density at radius 3 is 2.86 bits per heavy atom. The largest absolute Gasteiger partial charge is 0.346 e. The van der Waals surface area contributed by atoms with Gasteiger partial charge in [0.25, 0.3) is 0 Å². The number of amides is 1. The van der Waals surface area contributed by atoms with Crippen molar-refractivity contribution in [1.82, 2.24) is 15.3 Å². The first kappa shape index (κ1) is 14.6. The van der Waals surface area contributed by atoms with Gasteiger partial charge in [-0.3, -0.25) is 4.79 Å².